The SMILES string of the molecule is COC(=O)C(CNCc1cccc(Cl)c1)c1ccccc1. The second-order valence-corrected chi connectivity index (χ2v) is 5.18. The molecule has 3 nitrogen and oxygen atoms in total. The molecule has 0 spiro atoms. The van der Waals surface area contributed by atoms with Crippen molar-refractivity contribution < 1.29 is 9.53 Å². The molecule has 110 valence electrons. The first-order valence-electron chi connectivity index (χ1n) is 6.78. The van der Waals surface area contributed by atoms with Gasteiger partial charge >= 0.3 is 5.97 Å². The largest absolute Gasteiger partial charge is 0.469 e. The van der Waals surface area contributed by atoms with Gasteiger partial charge in [-0.1, -0.05) is 54.1 Å². The molecule has 2 aromatic rings. The van der Waals surface area contributed by atoms with Gasteiger partial charge in [0.15, 0.2) is 0 Å². The maximum Gasteiger partial charge on any atom is 0.314 e. The average molecular weight is 304 g/mol. The maximum atomic E-state index is 11.9. The van der Waals surface area contributed by atoms with Crippen LogP contribution in [0, 0.1) is 0 Å². The topological polar surface area (TPSA) is 38.3 Å². The van der Waals surface area contributed by atoms with E-state index >= 15 is 0 Å². The Balaban J connectivity index is 1.98. The number of carbonyl (C=O) groups excluding carboxylic acids is 1. The van der Waals surface area contributed by atoms with Crippen LogP contribution in [0.5, 0.6) is 0 Å². The van der Waals surface area contributed by atoms with Crippen LogP contribution in [0.25, 0.3) is 0 Å². The Labute approximate surface area is 129 Å². The zero-order chi connectivity index (χ0) is 15.1. The Bertz CT molecular complexity index is 586. The van der Waals surface area contributed by atoms with Crippen LogP contribution in [-0.2, 0) is 16.1 Å². The minimum atomic E-state index is -0.310. The standard InChI is InChI=1S/C17H18ClNO2/c1-21-17(20)16(14-7-3-2-4-8-14)12-19-11-13-6-5-9-15(18)10-13/h2-10,16,19H,11-12H2,1H3. The summed E-state index contributed by atoms with van der Waals surface area (Å²) in [6.07, 6.45) is 0. The number of hydrogen-bond donors (Lipinski definition) is 1. The van der Waals surface area contributed by atoms with Crippen molar-refractivity contribution in [2.75, 3.05) is 13.7 Å². The third kappa shape index (κ3) is 4.59. The van der Waals surface area contributed by atoms with E-state index in [0.29, 0.717) is 18.1 Å². The fourth-order valence-corrected chi connectivity index (χ4v) is 2.39. The molecule has 21 heavy (non-hydrogen) atoms. The Morgan fingerprint density at radius 2 is 1.95 bits per heavy atom. The maximum absolute atomic E-state index is 11.9. The normalized spacial score (nSPS) is 11.9. The van der Waals surface area contributed by atoms with Crippen LogP contribution in [0.4, 0.5) is 0 Å². The summed E-state index contributed by atoms with van der Waals surface area (Å²) in [5.41, 5.74) is 2.03. The highest BCUT2D eigenvalue weighted by Gasteiger charge is 2.20. The van der Waals surface area contributed by atoms with E-state index in [1.54, 1.807) is 0 Å². The number of hydrogen-bond acceptors (Lipinski definition) is 3. The molecule has 0 bridgehead atoms. The van der Waals surface area contributed by atoms with Gasteiger partial charge in [-0.3, -0.25) is 4.79 Å². The lowest BCUT2D eigenvalue weighted by molar-refractivity contribution is -0.142. The van der Waals surface area contributed by atoms with Crippen LogP contribution in [-0.4, -0.2) is 19.6 Å². The van der Waals surface area contributed by atoms with Gasteiger partial charge in [0.05, 0.1) is 13.0 Å². The molecular formula is C17H18ClNO2. The van der Waals surface area contributed by atoms with Crippen molar-refractivity contribution in [3.8, 4) is 0 Å². The predicted octanol–water partition coefficient (Wildman–Crippen LogP) is 3.39. The zero-order valence-electron chi connectivity index (χ0n) is 11.9. The van der Waals surface area contributed by atoms with Crippen molar-refractivity contribution in [3.05, 3.63) is 70.7 Å². The number of rotatable bonds is 6. The van der Waals surface area contributed by atoms with Crippen LogP contribution < -0.4 is 5.32 Å². The Morgan fingerprint density at radius 1 is 1.19 bits per heavy atom. The summed E-state index contributed by atoms with van der Waals surface area (Å²) in [4.78, 5) is 11.9. The molecule has 0 fully saturated rings. The molecule has 4 heteroatoms. The smallest absolute Gasteiger partial charge is 0.314 e. The van der Waals surface area contributed by atoms with Gasteiger partial charge in [0, 0.05) is 18.1 Å². The monoisotopic (exact) mass is 303 g/mol. The number of carbonyl (C=O) groups is 1. The molecule has 0 aromatic heterocycles. The van der Waals surface area contributed by atoms with Gasteiger partial charge in [-0.15, -0.1) is 0 Å². The van der Waals surface area contributed by atoms with Crippen molar-refractivity contribution in [3.63, 3.8) is 0 Å². The molecule has 0 aliphatic heterocycles. The number of esters is 1. The van der Waals surface area contributed by atoms with Gasteiger partial charge < -0.3 is 10.1 Å². The summed E-state index contributed by atoms with van der Waals surface area (Å²) in [6, 6.07) is 17.3. The summed E-state index contributed by atoms with van der Waals surface area (Å²) in [6.45, 7) is 1.17. The Kier molecular flexibility index (Phi) is 5.78. The molecule has 2 aromatic carbocycles. The molecule has 1 N–H and O–H groups in total. The third-order valence-corrected chi connectivity index (χ3v) is 3.49. The van der Waals surface area contributed by atoms with Crippen LogP contribution in [0.2, 0.25) is 5.02 Å². The molecule has 1 unspecified atom stereocenters. The second kappa shape index (κ2) is 7.81. The van der Waals surface area contributed by atoms with Gasteiger partial charge in [-0.25, -0.2) is 0 Å². The van der Waals surface area contributed by atoms with Crippen molar-refractivity contribution >= 4 is 17.6 Å². The Hall–Kier alpha value is -1.84. The number of ether oxygens (including phenoxy) is 1. The number of halogens is 1. The van der Waals surface area contributed by atoms with Crippen LogP contribution >= 0.6 is 11.6 Å². The van der Waals surface area contributed by atoms with E-state index in [1.807, 2.05) is 54.6 Å². The van der Waals surface area contributed by atoms with Gasteiger partial charge in [0.1, 0.15) is 0 Å². The van der Waals surface area contributed by atoms with E-state index in [9.17, 15) is 4.79 Å². The summed E-state index contributed by atoms with van der Waals surface area (Å²) in [5.74, 6) is -0.546. The highest BCUT2D eigenvalue weighted by Crippen LogP contribution is 2.17. The molecule has 0 radical (unpaired) electrons. The van der Waals surface area contributed by atoms with Crippen molar-refractivity contribution in [2.24, 2.45) is 0 Å². The van der Waals surface area contributed by atoms with Crippen molar-refractivity contribution in [1.82, 2.24) is 5.32 Å². The van der Waals surface area contributed by atoms with Gasteiger partial charge in [-0.05, 0) is 23.3 Å². The number of nitrogens with one attached hydrogen (secondary N) is 1. The fraction of sp³-hybridized carbons (Fsp3) is 0.235. The lowest BCUT2D eigenvalue weighted by Crippen LogP contribution is -2.27. The van der Waals surface area contributed by atoms with Crippen LogP contribution in [0.15, 0.2) is 54.6 Å². The lowest BCUT2D eigenvalue weighted by atomic mass is 9.99. The molecule has 0 saturated heterocycles. The molecule has 2 rings (SSSR count). The first kappa shape index (κ1) is 15.5. The molecular weight excluding hydrogens is 286 g/mol. The average Bonchev–Trinajstić information content (AvgIpc) is 2.52. The molecule has 0 amide bonds. The zero-order valence-corrected chi connectivity index (χ0v) is 12.6. The van der Waals surface area contributed by atoms with E-state index in [0.717, 1.165) is 11.1 Å². The molecule has 0 aliphatic rings. The third-order valence-electron chi connectivity index (χ3n) is 3.25. The van der Waals surface area contributed by atoms with Gasteiger partial charge in [0.2, 0.25) is 0 Å². The van der Waals surface area contributed by atoms with Gasteiger partial charge in [0.25, 0.3) is 0 Å². The second-order valence-electron chi connectivity index (χ2n) is 4.75. The molecule has 0 aliphatic carbocycles. The van der Waals surface area contributed by atoms with Crippen LogP contribution in [0.1, 0.15) is 17.0 Å². The Morgan fingerprint density at radius 3 is 2.62 bits per heavy atom. The van der Waals surface area contributed by atoms with Crippen LogP contribution in [0.3, 0.4) is 0 Å². The summed E-state index contributed by atoms with van der Waals surface area (Å²) < 4.78 is 4.89. The quantitative estimate of drug-likeness (QED) is 0.831. The fourth-order valence-electron chi connectivity index (χ4n) is 2.17. The minimum Gasteiger partial charge on any atom is -0.469 e. The first-order chi connectivity index (χ1) is 10.2. The van der Waals surface area contributed by atoms with E-state index in [2.05, 4.69) is 5.32 Å². The number of benzene rings is 2. The lowest BCUT2D eigenvalue weighted by Gasteiger charge is -2.16. The molecule has 0 heterocycles. The number of methoxy groups -OCH3 is 1. The van der Waals surface area contributed by atoms with Crippen molar-refractivity contribution in [1.29, 1.82) is 0 Å². The summed E-state index contributed by atoms with van der Waals surface area (Å²) in [5, 5.41) is 3.99. The predicted molar refractivity (Wildman–Crippen MR) is 84.4 cm³/mol. The van der Waals surface area contributed by atoms with E-state index in [-0.39, 0.29) is 11.9 Å². The van der Waals surface area contributed by atoms with E-state index < -0.39 is 0 Å². The summed E-state index contributed by atoms with van der Waals surface area (Å²) >= 11 is 5.95. The highest BCUT2D eigenvalue weighted by atomic mass is 35.5. The molecule has 1 atom stereocenters. The minimum absolute atomic E-state index is 0.236. The van der Waals surface area contributed by atoms with Gasteiger partial charge in [-0.2, -0.15) is 0 Å². The van der Waals surface area contributed by atoms with Crippen molar-refractivity contribution in [2.45, 2.75) is 12.5 Å². The molecule has 0 saturated carbocycles. The summed E-state index contributed by atoms with van der Waals surface area (Å²) in [7, 11) is 1.41. The van der Waals surface area contributed by atoms with E-state index in [1.165, 1.54) is 7.11 Å². The highest BCUT2D eigenvalue weighted by molar-refractivity contribution is 6.30. The first-order valence-corrected chi connectivity index (χ1v) is 7.16. The van der Waals surface area contributed by atoms with E-state index in [4.69, 9.17) is 16.3 Å².